The van der Waals surface area contributed by atoms with E-state index in [-0.39, 0.29) is 13.0 Å². The Morgan fingerprint density at radius 2 is 1.97 bits per heavy atom. The number of hydrogen-bond acceptors (Lipinski definition) is 4. The molecule has 1 unspecified atom stereocenters. The predicted octanol–water partition coefficient (Wildman–Crippen LogP) is 3.26. The lowest BCUT2D eigenvalue weighted by Gasteiger charge is -2.22. The summed E-state index contributed by atoms with van der Waals surface area (Å²) in [6.07, 6.45) is 0.255. The molecule has 4 amide bonds. The molecule has 0 saturated carbocycles. The Bertz CT molecular complexity index is 978. The predicted molar refractivity (Wildman–Crippen MR) is 113 cm³/mol. The molecule has 1 aliphatic heterocycles. The second kappa shape index (κ2) is 8.24. The van der Waals surface area contributed by atoms with Crippen LogP contribution in [-0.2, 0) is 16.0 Å². The highest BCUT2D eigenvalue weighted by molar-refractivity contribution is 9.10. The zero-order valence-corrected chi connectivity index (χ0v) is 18.0. The van der Waals surface area contributed by atoms with Crippen LogP contribution in [0, 0.1) is 6.92 Å². The smallest absolute Gasteiger partial charge is 0.325 e. The van der Waals surface area contributed by atoms with Gasteiger partial charge in [-0.05, 0) is 49.2 Å². The molecule has 7 nitrogen and oxygen atoms in total. The monoisotopic (exact) mass is 459 g/mol. The van der Waals surface area contributed by atoms with Gasteiger partial charge >= 0.3 is 6.03 Å². The summed E-state index contributed by atoms with van der Waals surface area (Å²) in [5, 5.41) is 5.46. The van der Waals surface area contributed by atoms with Crippen LogP contribution in [0.15, 0.2) is 46.9 Å². The van der Waals surface area contributed by atoms with Crippen LogP contribution in [0.1, 0.15) is 18.1 Å². The molecule has 152 valence electrons. The molecule has 8 heteroatoms. The molecule has 1 atom stereocenters. The van der Waals surface area contributed by atoms with Crippen molar-refractivity contribution in [3.05, 3.63) is 58.1 Å². The number of urea groups is 1. The molecular formula is C21H22BrN3O4. The average Bonchev–Trinajstić information content (AvgIpc) is 2.87. The van der Waals surface area contributed by atoms with Crippen LogP contribution in [0.2, 0.25) is 0 Å². The van der Waals surface area contributed by atoms with Gasteiger partial charge in [0.05, 0.1) is 7.11 Å². The number of rotatable bonds is 6. The summed E-state index contributed by atoms with van der Waals surface area (Å²) < 4.78 is 6.23. The van der Waals surface area contributed by atoms with Crippen LogP contribution in [0.25, 0.3) is 0 Å². The molecular weight excluding hydrogens is 438 g/mol. The van der Waals surface area contributed by atoms with Crippen LogP contribution in [0.5, 0.6) is 5.75 Å². The van der Waals surface area contributed by atoms with Crippen LogP contribution in [0.4, 0.5) is 10.5 Å². The summed E-state index contributed by atoms with van der Waals surface area (Å²) >= 11 is 3.37. The minimum atomic E-state index is -1.15. The number of halogens is 1. The Kier molecular flexibility index (Phi) is 5.93. The zero-order valence-electron chi connectivity index (χ0n) is 16.4. The van der Waals surface area contributed by atoms with Crippen LogP contribution in [0.3, 0.4) is 0 Å². The minimum Gasteiger partial charge on any atom is -0.496 e. The number of benzene rings is 2. The third-order valence-electron chi connectivity index (χ3n) is 4.85. The van der Waals surface area contributed by atoms with Gasteiger partial charge in [-0.15, -0.1) is 0 Å². The van der Waals surface area contributed by atoms with E-state index < -0.39 is 23.4 Å². The van der Waals surface area contributed by atoms with Crippen LogP contribution < -0.4 is 15.4 Å². The van der Waals surface area contributed by atoms with Gasteiger partial charge in [0.25, 0.3) is 5.91 Å². The Morgan fingerprint density at radius 1 is 1.24 bits per heavy atom. The lowest BCUT2D eigenvalue weighted by molar-refractivity contribution is -0.133. The molecule has 0 radical (unpaired) electrons. The largest absolute Gasteiger partial charge is 0.496 e. The molecule has 3 rings (SSSR count). The molecule has 0 aliphatic carbocycles. The first-order chi connectivity index (χ1) is 13.7. The maximum atomic E-state index is 13.0. The molecule has 0 spiro atoms. The molecule has 2 N–H and O–H groups in total. The van der Waals surface area contributed by atoms with E-state index in [9.17, 15) is 14.4 Å². The normalized spacial score (nSPS) is 18.6. The number of carbonyl (C=O) groups excluding carboxylic acids is 3. The summed E-state index contributed by atoms with van der Waals surface area (Å²) in [4.78, 5) is 38.8. The molecule has 29 heavy (non-hydrogen) atoms. The fourth-order valence-electron chi connectivity index (χ4n) is 3.34. The fraction of sp³-hybridized carbons (Fsp3) is 0.286. The Morgan fingerprint density at radius 3 is 2.66 bits per heavy atom. The third-order valence-corrected chi connectivity index (χ3v) is 5.34. The van der Waals surface area contributed by atoms with Crippen molar-refractivity contribution in [2.45, 2.75) is 25.8 Å². The van der Waals surface area contributed by atoms with E-state index in [2.05, 4.69) is 26.6 Å². The van der Waals surface area contributed by atoms with Crippen LogP contribution in [-0.4, -0.2) is 41.9 Å². The summed E-state index contributed by atoms with van der Waals surface area (Å²) in [6.45, 7) is 3.15. The van der Waals surface area contributed by atoms with E-state index in [4.69, 9.17) is 4.74 Å². The number of anilines is 1. The molecule has 1 fully saturated rings. The number of hydrogen-bond donors (Lipinski definition) is 2. The van der Waals surface area contributed by atoms with Crippen molar-refractivity contribution < 1.29 is 19.1 Å². The summed E-state index contributed by atoms with van der Waals surface area (Å²) in [5.74, 6) is -0.255. The van der Waals surface area contributed by atoms with E-state index in [0.717, 1.165) is 20.5 Å². The van der Waals surface area contributed by atoms with Gasteiger partial charge in [-0.3, -0.25) is 14.5 Å². The highest BCUT2D eigenvalue weighted by atomic mass is 79.9. The number of methoxy groups -OCH3 is 1. The Balaban J connectivity index is 1.72. The maximum Gasteiger partial charge on any atom is 0.325 e. The second-order valence-electron chi connectivity index (χ2n) is 7.15. The quantitative estimate of drug-likeness (QED) is 0.648. The zero-order chi connectivity index (χ0) is 21.2. The number of nitrogens with one attached hydrogen (secondary N) is 2. The lowest BCUT2D eigenvalue weighted by Crippen LogP contribution is -2.46. The standard InChI is InChI=1S/C21H22BrN3O4/c1-13-10-15(22)8-9-16(13)23-18(26)12-25-19(27)21(2,24-20(25)28)11-14-6-4-5-7-17(14)29-3/h4-10H,11-12H2,1-3H3,(H,23,26)(H,24,28). The highest BCUT2D eigenvalue weighted by Crippen LogP contribution is 2.27. The maximum absolute atomic E-state index is 13.0. The Hall–Kier alpha value is -2.87. The number of carbonyl (C=O) groups is 3. The van der Waals surface area contributed by atoms with Crippen LogP contribution >= 0.6 is 15.9 Å². The summed E-state index contributed by atoms with van der Waals surface area (Å²) in [7, 11) is 1.55. The van der Waals surface area contributed by atoms with Crippen molar-refractivity contribution in [3.8, 4) is 5.75 Å². The van der Waals surface area contributed by atoms with Crippen molar-refractivity contribution >= 4 is 39.5 Å². The average molecular weight is 460 g/mol. The van der Waals surface area contributed by atoms with E-state index in [1.165, 1.54) is 0 Å². The van der Waals surface area contributed by atoms with Crippen molar-refractivity contribution in [3.63, 3.8) is 0 Å². The fourth-order valence-corrected chi connectivity index (χ4v) is 3.82. The van der Waals surface area contributed by atoms with Gasteiger partial charge in [-0.25, -0.2) is 4.79 Å². The topological polar surface area (TPSA) is 87.7 Å². The summed E-state index contributed by atoms with van der Waals surface area (Å²) in [5.41, 5.74) is 1.13. The first kappa shape index (κ1) is 20.9. The molecule has 1 heterocycles. The summed E-state index contributed by atoms with van der Waals surface area (Å²) in [6, 6.07) is 12.2. The molecule has 0 bridgehead atoms. The van der Waals surface area contributed by atoms with Crippen molar-refractivity contribution in [1.29, 1.82) is 0 Å². The Labute approximate surface area is 177 Å². The van der Waals surface area contributed by atoms with Gasteiger partial charge in [0, 0.05) is 16.6 Å². The number of amides is 4. The number of nitrogens with zero attached hydrogens (tertiary/aromatic N) is 1. The molecule has 1 aliphatic rings. The third kappa shape index (κ3) is 4.42. The van der Waals surface area contributed by atoms with E-state index in [0.29, 0.717) is 11.4 Å². The number of ether oxygens (including phenoxy) is 1. The number of para-hydroxylation sites is 1. The lowest BCUT2D eigenvalue weighted by atomic mass is 9.92. The second-order valence-corrected chi connectivity index (χ2v) is 8.07. The molecule has 2 aromatic carbocycles. The number of imide groups is 1. The van der Waals surface area contributed by atoms with E-state index >= 15 is 0 Å². The van der Waals surface area contributed by atoms with Gasteiger partial charge in [-0.2, -0.15) is 0 Å². The first-order valence-corrected chi connectivity index (χ1v) is 9.85. The van der Waals surface area contributed by atoms with Crippen molar-refractivity contribution in [2.24, 2.45) is 0 Å². The van der Waals surface area contributed by atoms with Gasteiger partial charge in [0.1, 0.15) is 17.8 Å². The van der Waals surface area contributed by atoms with Gasteiger partial charge in [0.2, 0.25) is 5.91 Å². The minimum absolute atomic E-state index is 0.255. The SMILES string of the molecule is COc1ccccc1CC1(C)NC(=O)N(CC(=O)Nc2ccc(Br)cc2C)C1=O. The molecule has 1 saturated heterocycles. The van der Waals surface area contributed by atoms with Crippen molar-refractivity contribution in [1.82, 2.24) is 10.2 Å². The molecule has 0 aromatic heterocycles. The van der Waals surface area contributed by atoms with Gasteiger partial charge in [-0.1, -0.05) is 34.1 Å². The van der Waals surface area contributed by atoms with Crippen molar-refractivity contribution in [2.75, 3.05) is 19.0 Å². The van der Waals surface area contributed by atoms with E-state index in [1.54, 1.807) is 32.2 Å². The highest BCUT2D eigenvalue weighted by Gasteiger charge is 2.48. The van der Waals surface area contributed by atoms with Gasteiger partial charge < -0.3 is 15.4 Å². The number of aryl methyl sites for hydroxylation is 1. The van der Waals surface area contributed by atoms with Gasteiger partial charge in [0.15, 0.2) is 0 Å². The van der Waals surface area contributed by atoms with E-state index in [1.807, 2.05) is 31.2 Å². The first-order valence-electron chi connectivity index (χ1n) is 9.05. The molecule has 2 aromatic rings.